The summed E-state index contributed by atoms with van der Waals surface area (Å²) in [6.07, 6.45) is 0. The summed E-state index contributed by atoms with van der Waals surface area (Å²) in [7, 11) is 0. The van der Waals surface area contributed by atoms with Crippen molar-refractivity contribution in [1.29, 1.82) is 0 Å². The van der Waals surface area contributed by atoms with Crippen molar-refractivity contribution in [2.75, 3.05) is 26.2 Å². The summed E-state index contributed by atoms with van der Waals surface area (Å²) in [4.78, 5) is 28.6. The molecule has 126 valence electrons. The molecule has 0 aliphatic carbocycles. The fourth-order valence-electron chi connectivity index (χ4n) is 2.06. The summed E-state index contributed by atoms with van der Waals surface area (Å²) in [5.41, 5.74) is 1.12. The van der Waals surface area contributed by atoms with Gasteiger partial charge in [-0.05, 0) is 12.5 Å². The Kier molecular flexibility index (Phi) is 8.38. The topological polar surface area (TPSA) is 85.8 Å². The molecule has 1 aromatic rings. The standard InChI is InChI=1S/C15H21N5O2.HI/c1-2-16-14(18-10-12-6-4-3-5-7-12)17-8-9-20-13(21)11-19-15(20)22;/h3-7H,2,8-11H2,1H3,(H,19,22)(H2,16,17,18);1H. The number of urea groups is 1. The number of rotatable bonds is 6. The lowest BCUT2D eigenvalue weighted by molar-refractivity contribution is -0.124. The van der Waals surface area contributed by atoms with Gasteiger partial charge in [0.15, 0.2) is 5.96 Å². The maximum atomic E-state index is 11.5. The lowest BCUT2D eigenvalue weighted by Gasteiger charge is -2.15. The van der Waals surface area contributed by atoms with Crippen molar-refractivity contribution in [1.82, 2.24) is 20.9 Å². The van der Waals surface area contributed by atoms with Crippen LogP contribution in [0.3, 0.4) is 0 Å². The third kappa shape index (κ3) is 6.05. The number of amides is 3. The van der Waals surface area contributed by atoms with Gasteiger partial charge in [0, 0.05) is 19.6 Å². The van der Waals surface area contributed by atoms with Gasteiger partial charge in [-0.3, -0.25) is 9.69 Å². The van der Waals surface area contributed by atoms with Gasteiger partial charge in [-0.2, -0.15) is 0 Å². The van der Waals surface area contributed by atoms with Crippen LogP contribution < -0.4 is 16.0 Å². The molecule has 0 saturated carbocycles. The Morgan fingerprint density at radius 1 is 1.26 bits per heavy atom. The molecule has 1 fully saturated rings. The molecule has 8 heteroatoms. The summed E-state index contributed by atoms with van der Waals surface area (Å²) >= 11 is 0. The van der Waals surface area contributed by atoms with Crippen molar-refractivity contribution in [3.63, 3.8) is 0 Å². The minimum absolute atomic E-state index is 0. The molecule has 2 rings (SSSR count). The van der Waals surface area contributed by atoms with E-state index in [1.165, 1.54) is 4.90 Å². The highest BCUT2D eigenvalue weighted by atomic mass is 127. The highest BCUT2D eigenvalue weighted by Crippen LogP contribution is 2.00. The second-order valence-corrected chi connectivity index (χ2v) is 4.81. The molecule has 1 aliphatic heterocycles. The minimum atomic E-state index is -0.335. The fraction of sp³-hybridized carbons (Fsp3) is 0.400. The molecule has 0 unspecified atom stereocenters. The molecule has 1 aromatic carbocycles. The fourth-order valence-corrected chi connectivity index (χ4v) is 2.06. The van der Waals surface area contributed by atoms with E-state index in [0.29, 0.717) is 25.6 Å². The van der Waals surface area contributed by atoms with Crippen LogP contribution >= 0.6 is 24.0 Å². The van der Waals surface area contributed by atoms with E-state index in [9.17, 15) is 9.59 Å². The van der Waals surface area contributed by atoms with Gasteiger partial charge in [-0.15, -0.1) is 24.0 Å². The molecule has 1 saturated heterocycles. The Labute approximate surface area is 152 Å². The number of aliphatic imine (C=N–C) groups is 1. The highest BCUT2D eigenvalue weighted by Gasteiger charge is 2.27. The first-order valence-electron chi connectivity index (χ1n) is 7.35. The predicted octanol–water partition coefficient (Wildman–Crippen LogP) is 0.911. The van der Waals surface area contributed by atoms with Gasteiger partial charge in [0.25, 0.3) is 0 Å². The number of nitrogens with one attached hydrogen (secondary N) is 3. The Balaban J connectivity index is 0.00000264. The molecule has 0 radical (unpaired) electrons. The van der Waals surface area contributed by atoms with Gasteiger partial charge < -0.3 is 16.0 Å². The zero-order valence-electron chi connectivity index (χ0n) is 13.0. The summed E-state index contributed by atoms with van der Waals surface area (Å²) in [6, 6.07) is 9.61. The molecular weight excluding hydrogens is 409 g/mol. The molecule has 1 aliphatic rings. The molecule has 0 spiro atoms. The number of carbonyl (C=O) groups excluding carboxylic acids is 2. The molecule has 0 aromatic heterocycles. The van der Waals surface area contributed by atoms with Gasteiger partial charge in [0.1, 0.15) is 0 Å². The molecule has 23 heavy (non-hydrogen) atoms. The Morgan fingerprint density at radius 2 is 2.00 bits per heavy atom. The third-order valence-corrected chi connectivity index (χ3v) is 3.17. The lowest BCUT2D eigenvalue weighted by Crippen LogP contribution is -2.43. The molecule has 1 heterocycles. The summed E-state index contributed by atoms with van der Waals surface area (Å²) in [6.45, 7) is 4.15. The van der Waals surface area contributed by atoms with Crippen LogP contribution in [0.15, 0.2) is 35.3 Å². The minimum Gasteiger partial charge on any atom is -0.357 e. The van der Waals surface area contributed by atoms with Crippen LogP contribution in [0.4, 0.5) is 4.79 Å². The van der Waals surface area contributed by atoms with Crippen LogP contribution in [0.2, 0.25) is 0 Å². The summed E-state index contributed by atoms with van der Waals surface area (Å²) in [5.74, 6) is 0.469. The average Bonchev–Trinajstić information content (AvgIpc) is 2.85. The number of carbonyl (C=O) groups is 2. The SMILES string of the molecule is CCNC(=NCc1ccccc1)NCCN1C(=O)CNC1=O.I. The van der Waals surface area contributed by atoms with E-state index in [0.717, 1.165) is 12.1 Å². The first-order valence-corrected chi connectivity index (χ1v) is 7.35. The number of hydrogen-bond donors (Lipinski definition) is 3. The number of nitrogens with zero attached hydrogens (tertiary/aromatic N) is 2. The van der Waals surface area contributed by atoms with Crippen molar-refractivity contribution >= 4 is 41.9 Å². The van der Waals surface area contributed by atoms with Crippen LogP contribution in [0.25, 0.3) is 0 Å². The van der Waals surface area contributed by atoms with Crippen LogP contribution in [0.5, 0.6) is 0 Å². The summed E-state index contributed by atoms with van der Waals surface area (Å²) < 4.78 is 0. The van der Waals surface area contributed by atoms with E-state index in [4.69, 9.17) is 0 Å². The van der Waals surface area contributed by atoms with Crippen LogP contribution in [-0.2, 0) is 11.3 Å². The molecule has 3 N–H and O–H groups in total. The number of imide groups is 1. The zero-order valence-corrected chi connectivity index (χ0v) is 15.4. The van der Waals surface area contributed by atoms with E-state index in [-0.39, 0.29) is 42.5 Å². The van der Waals surface area contributed by atoms with Crippen molar-refractivity contribution in [2.24, 2.45) is 4.99 Å². The number of halogens is 1. The Morgan fingerprint density at radius 3 is 2.61 bits per heavy atom. The normalized spacial score (nSPS) is 14.3. The maximum Gasteiger partial charge on any atom is 0.324 e. The first-order chi connectivity index (χ1) is 10.7. The molecule has 0 bridgehead atoms. The lowest BCUT2D eigenvalue weighted by atomic mass is 10.2. The van der Waals surface area contributed by atoms with Gasteiger partial charge in [0.2, 0.25) is 5.91 Å². The van der Waals surface area contributed by atoms with Crippen LogP contribution in [0, 0.1) is 0 Å². The van der Waals surface area contributed by atoms with E-state index >= 15 is 0 Å². The second kappa shape index (κ2) is 10.0. The number of hydrogen-bond acceptors (Lipinski definition) is 3. The number of benzene rings is 1. The molecular formula is C15H22IN5O2. The van der Waals surface area contributed by atoms with E-state index in [2.05, 4.69) is 20.9 Å². The summed E-state index contributed by atoms with van der Waals surface area (Å²) in [5, 5.41) is 8.75. The van der Waals surface area contributed by atoms with Gasteiger partial charge in [-0.1, -0.05) is 30.3 Å². The molecule has 7 nitrogen and oxygen atoms in total. The van der Waals surface area contributed by atoms with E-state index in [1.807, 2.05) is 37.3 Å². The van der Waals surface area contributed by atoms with Crippen molar-refractivity contribution in [3.8, 4) is 0 Å². The van der Waals surface area contributed by atoms with Gasteiger partial charge in [-0.25, -0.2) is 9.79 Å². The Hall–Kier alpha value is -1.84. The molecule has 3 amide bonds. The van der Waals surface area contributed by atoms with Crippen molar-refractivity contribution in [3.05, 3.63) is 35.9 Å². The second-order valence-electron chi connectivity index (χ2n) is 4.81. The quantitative estimate of drug-likeness (QED) is 0.271. The number of guanidine groups is 1. The van der Waals surface area contributed by atoms with Crippen LogP contribution in [-0.4, -0.2) is 49.0 Å². The molecule has 0 atom stereocenters. The van der Waals surface area contributed by atoms with Gasteiger partial charge in [0.05, 0.1) is 13.1 Å². The predicted molar refractivity (Wildman–Crippen MR) is 99.8 cm³/mol. The smallest absolute Gasteiger partial charge is 0.324 e. The third-order valence-electron chi connectivity index (χ3n) is 3.17. The largest absolute Gasteiger partial charge is 0.357 e. The highest BCUT2D eigenvalue weighted by molar-refractivity contribution is 14.0. The zero-order chi connectivity index (χ0) is 15.8. The van der Waals surface area contributed by atoms with E-state index in [1.54, 1.807) is 0 Å². The maximum absolute atomic E-state index is 11.5. The van der Waals surface area contributed by atoms with Gasteiger partial charge >= 0.3 is 6.03 Å². The average molecular weight is 431 g/mol. The van der Waals surface area contributed by atoms with Crippen LogP contribution in [0.1, 0.15) is 12.5 Å². The first kappa shape index (κ1) is 19.2. The van der Waals surface area contributed by atoms with E-state index < -0.39 is 0 Å². The van der Waals surface area contributed by atoms with Crippen molar-refractivity contribution in [2.45, 2.75) is 13.5 Å². The monoisotopic (exact) mass is 431 g/mol. The van der Waals surface area contributed by atoms with Crippen molar-refractivity contribution < 1.29 is 9.59 Å². The Bertz CT molecular complexity index is 534.